The number of Topliss-reactive ketones (excluding diaryl/α,β-unsaturated/α-hetero) is 1. The molecule has 0 unspecified atom stereocenters. The molecule has 4 heteroatoms. The number of carbonyl (C=O) groups is 2. The highest BCUT2D eigenvalue weighted by Crippen LogP contribution is 2.00. The van der Waals surface area contributed by atoms with E-state index in [1.54, 1.807) is 18.5 Å². The molecule has 0 fully saturated rings. The van der Waals surface area contributed by atoms with Crippen LogP contribution in [-0.4, -0.2) is 21.8 Å². The molecule has 0 atom stereocenters. The quantitative estimate of drug-likeness (QED) is 0.690. The molecule has 4 nitrogen and oxygen atoms in total. The number of hydrogen-bond donors (Lipinski definition) is 1. The number of aliphatic carboxylic acids is 1. The van der Waals surface area contributed by atoms with Gasteiger partial charge in [-0.05, 0) is 18.1 Å². The zero-order chi connectivity index (χ0) is 9.68. The Balaban J connectivity index is 2.44. The molecular weight excluding hydrogens is 170 g/mol. The van der Waals surface area contributed by atoms with Gasteiger partial charge >= 0.3 is 5.97 Å². The maximum atomic E-state index is 10.7. The Hall–Kier alpha value is -1.71. The Kier molecular flexibility index (Phi) is 3.14. The molecule has 13 heavy (non-hydrogen) atoms. The standard InChI is InChI=1S/C9H9NO3/c11-8(9(12)13)4-3-7-2-1-5-10-6-7/h1-2,5-6H,3-4H2,(H,12,13). The second-order valence-electron chi connectivity index (χ2n) is 2.59. The molecule has 1 heterocycles. The van der Waals surface area contributed by atoms with Crippen LogP contribution in [-0.2, 0) is 16.0 Å². The number of carboxylic acids is 1. The van der Waals surface area contributed by atoms with Crippen molar-refractivity contribution in [2.45, 2.75) is 12.8 Å². The van der Waals surface area contributed by atoms with Crippen LogP contribution in [0.2, 0.25) is 0 Å². The number of nitrogens with zero attached hydrogens (tertiary/aromatic N) is 1. The molecule has 1 N–H and O–H groups in total. The van der Waals surface area contributed by atoms with Crippen molar-refractivity contribution in [1.29, 1.82) is 0 Å². The summed E-state index contributed by atoms with van der Waals surface area (Å²) in [5.74, 6) is -2.13. The fraction of sp³-hybridized carbons (Fsp3) is 0.222. The first-order valence-corrected chi connectivity index (χ1v) is 3.85. The van der Waals surface area contributed by atoms with Crippen molar-refractivity contribution in [3.8, 4) is 0 Å². The first-order chi connectivity index (χ1) is 6.20. The second kappa shape index (κ2) is 4.35. The van der Waals surface area contributed by atoms with Gasteiger partial charge in [-0.2, -0.15) is 0 Å². The lowest BCUT2D eigenvalue weighted by Gasteiger charge is -1.96. The zero-order valence-corrected chi connectivity index (χ0v) is 6.93. The van der Waals surface area contributed by atoms with Gasteiger partial charge in [-0.15, -0.1) is 0 Å². The molecule has 1 aromatic rings. The van der Waals surface area contributed by atoms with Crippen molar-refractivity contribution in [1.82, 2.24) is 4.98 Å². The Bertz CT molecular complexity index is 308. The van der Waals surface area contributed by atoms with Crippen LogP contribution in [0.3, 0.4) is 0 Å². The molecule has 68 valence electrons. The molecule has 1 rings (SSSR count). The van der Waals surface area contributed by atoms with Gasteiger partial charge in [0.25, 0.3) is 0 Å². The average molecular weight is 179 g/mol. The highest BCUT2D eigenvalue weighted by Gasteiger charge is 2.10. The van der Waals surface area contributed by atoms with Crippen LogP contribution in [0, 0.1) is 0 Å². The zero-order valence-electron chi connectivity index (χ0n) is 6.93. The molecule has 0 amide bonds. The van der Waals surface area contributed by atoms with E-state index in [2.05, 4.69) is 4.98 Å². The number of carboxylic acid groups (broad SMARTS) is 1. The van der Waals surface area contributed by atoms with Gasteiger partial charge in [-0.3, -0.25) is 9.78 Å². The predicted molar refractivity (Wildman–Crippen MR) is 45.2 cm³/mol. The van der Waals surface area contributed by atoms with Crippen LogP contribution in [0.4, 0.5) is 0 Å². The SMILES string of the molecule is O=C(O)C(=O)CCc1cccnc1. The topological polar surface area (TPSA) is 67.3 Å². The molecule has 0 radical (unpaired) electrons. The largest absolute Gasteiger partial charge is 0.476 e. The van der Waals surface area contributed by atoms with E-state index in [1.165, 1.54) is 0 Å². The number of hydrogen-bond acceptors (Lipinski definition) is 3. The minimum atomic E-state index is -1.37. The van der Waals surface area contributed by atoms with Gasteiger partial charge in [-0.1, -0.05) is 6.07 Å². The number of pyridine rings is 1. The van der Waals surface area contributed by atoms with E-state index in [4.69, 9.17) is 5.11 Å². The summed E-state index contributed by atoms with van der Waals surface area (Å²) >= 11 is 0. The van der Waals surface area contributed by atoms with Gasteiger partial charge in [0.15, 0.2) is 0 Å². The second-order valence-corrected chi connectivity index (χ2v) is 2.59. The van der Waals surface area contributed by atoms with Crippen molar-refractivity contribution in [2.24, 2.45) is 0 Å². The van der Waals surface area contributed by atoms with E-state index >= 15 is 0 Å². The summed E-state index contributed by atoms with van der Waals surface area (Å²) in [6, 6.07) is 3.56. The monoisotopic (exact) mass is 179 g/mol. The molecule has 0 aliphatic heterocycles. The highest BCUT2D eigenvalue weighted by atomic mass is 16.4. The first-order valence-electron chi connectivity index (χ1n) is 3.85. The van der Waals surface area contributed by atoms with Crippen molar-refractivity contribution < 1.29 is 14.7 Å². The first kappa shape index (κ1) is 9.38. The summed E-state index contributed by atoms with van der Waals surface area (Å²) in [7, 11) is 0. The van der Waals surface area contributed by atoms with Gasteiger partial charge in [0.05, 0.1) is 0 Å². The van der Waals surface area contributed by atoms with E-state index in [1.807, 2.05) is 6.07 Å². The van der Waals surface area contributed by atoms with Gasteiger partial charge in [0.2, 0.25) is 5.78 Å². The Morgan fingerprint density at radius 2 is 2.23 bits per heavy atom. The van der Waals surface area contributed by atoms with Crippen molar-refractivity contribution in [3.05, 3.63) is 30.1 Å². The van der Waals surface area contributed by atoms with E-state index in [-0.39, 0.29) is 6.42 Å². The van der Waals surface area contributed by atoms with Gasteiger partial charge in [0.1, 0.15) is 0 Å². The summed E-state index contributed by atoms with van der Waals surface area (Å²) in [5.41, 5.74) is 0.872. The molecular formula is C9H9NO3. The highest BCUT2D eigenvalue weighted by molar-refractivity contribution is 6.32. The van der Waals surface area contributed by atoms with Crippen molar-refractivity contribution in [2.75, 3.05) is 0 Å². The summed E-state index contributed by atoms with van der Waals surface area (Å²) in [6.07, 6.45) is 3.71. The Morgan fingerprint density at radius 1 is 1.46 bits per heavy atom. The van der Waals surface area contributed by atoms with Crippen LogP contribution in [0.1, 0.15) is 12.0 Å². The summed E-state index contributed by atoms with van der Waals surface area (Å²) in [4.78, 5) is 24.7. The maximum absolute atomic E-state index is 10.7. The molecule has 0 aliphatic rings. The lowest BCUT2D eigenvalue weighted by Crippen LogP contribution is -2.12. The van der Waals surface area contributed by atoms with Gasteiger partial charge in [0, 0.05) is 18.8 Å². The molecule has 0 spiro atoms. The van der Waals surface area contributed by atoms with Crippen LogP contribution in [0.15, 0.2) is 24.5 Å². The van der Waals surface area contributed by atoms with Crippen LogP contribution >= 0.6 is 0 Å². The fourth-order valence-corrected chi connectivity index (χ4v) is 0.911. The molecule has 0 saturated heterocycles. The number of carbonyl (C=O) groups excluding carboxylic acids is 1. The summed E-state index contributed by atoms with van der Waals surface area (Å²) in [5, 5.41) is 8.29. The normalized spacial score (nSPS) is 9.54. The Labute approximate surface area is 75.2 Å². The minimum Gasteiger partial charge on any atom is -0.476 e. The molecule has 0 aliphatic carbocycles. The minimum absolute atomic E-state index is 0.0288. The third-order valence-electron chi connectivity index (χ3n) is 1.60. The third kappa shape index (κ3) is 3.02. The number of rotatable bonds is 4. The Morgan fingerprint density at radius 3 is 2.77 bits per heavy atom. The van der Waals surface area contributed by atoms with Crippen LogP contribution in [0.25, 0.3) is 0 Å². The number of aryl methyl sites for hydroxylation is 1. The van der Waals surface area contributed by atoms with Crippen molar-refractivity contribution in [3.63, 3.8) is 0 Å². The third-order valence-corrected chi connectivity index (χ3v) is 1.60. The van der Waals surface area contributed by atoms with E-state index < -0.39 is 11.8 Å². The smallest absolute Gasteiger partial charge is 0.372 e. The average Bonchev–Trinajstić information content (AvgIpc) is 2.15. The van der Waals surface area contributed by atoms with Crippen molar-refractivity contribution >= 4 is 11.8 Å². The summed E-state index contributed by atoms with van der Waals surface area (Å²) in [6.45, 7) is 0. The van der Waals surface area contributed by atoms with E-state index in [0.717, 1.165) is 5.56 Å². The predicted octanol–water partition coefficient (Wildman–Crippen LogP) is 0.668. The van der Waals surface area contributed by atoms with E-state index in [9.17, 15) is 9.59 Å². The molecule has 0 aromatic carbocycles. The van der Waals surface area contributed by atoms with Gasteiger partial charge in [-0.25, -0.2) is 4.79 Å². The lowest BCUT2D eigenvalue weighted by atomic mass is 10.1. The maximum Gasteiger partial charge on any atom is 0.372 e. The van der Waals surface area contributed by atoms with Crippen LogP contribution < -0.4 is 0 Å². The summed E-state index contributed by atoms with van der Waals surface area (Å²) < 4.78 is 0. The number of ketones is 1. The molecule has 1 aromatic heterocycles. The molecule has 0 saturated carbocycles. The molecule has 0 bridgehead atoms. The van der Waals surface area contributed by atoms with Crippen LogP contribution in [0.5, 0.6) is 0 Å². The van der Waals surface area contributed by atoms with E-state index in [0.29, 0.717) is 6.42 Å². The van der Waals surface area contributed by atoms with Gasteiger partial charge < -0.3 is 5.11 Å². The fourth-order valence-electron chi connectivity index (χ4n) is 0.911. The number of aromatic nitrogens is 1. The lowest BCUT2D eigenvalue weighted by molar-refractivity contribution is -0.149.